The van der Waals surface area contributed by atoms with Crippen molar-refractivity contribution in [2.24, 2.45) is 0 Å². The molecule has 388 valence electrons. The summed E-state index contributed by atoms with van der Waals surface area (Å²) in [5.74, 6) is 0. The second-order valence-corrected chi connectivity index (χ2v) is 12.3. The van der Waals surface area contributed by atoms with Crippen LogP contribution in [-0.4, -0.2) is 85.4 Å². The molecule has 0 aliphatic rings. The smallest absolute Gasteiger partial charge is 0.148 e. The van der Waals surface area contributed by atoms with Crippen molar-refractivity contribution in [3.63, 3.8) is 0 Å². The molecule has 4 unspecified atom stereocenters. The highest BCUT2D eigenvalue weighted by Gasteiger charge is 1.79. The van der Waals surface area contributed by atoms with E-state index in [4.69, 9.17) is 30.3 Å². The van der Waals surface area contributed by atoms with E-state index < -0.39 is 32.1 Å². The standard InChI is InChI=1S/5C3H8.4C2H6BOP.22CH4/c5*1-3-2;4*1-4-5(2)3;;;;;;;;;;;;;;;;;;;;;;/h5*3H2,1-2H3;4*1-2H3;22*1H4. The van der Waals surface area contributed by atoms with Gasteiger partial charge in [0.25, 0.3) is 0 Å². The Hall–Kier alpha value is 1.82. The molecule has 0 fully saturated rings. The van der Waals surface area contributed by atoms with Crippen molar-refractivity contribution >= 4 is 62.4 Å². The van der Waals surface area contributed by atoms with Crippen molar-refractivity contribution in [1.82, 2.24) is 0 Å². The molecule has 0 aromatic heterocycles. The van der Waals surface area contributed by atoms with E-state index in [0.29, 0.717) is 0 Å². The van der Waals surface area contributed by atoms with Crippen molar-refractivity contribution in [2.75, 3.05) is 55.1 Å². The van der Waals surface area contributed by atoms with E-state index in [-0.39, 0.29) is 163 Å². The van der Waals surface area contributed by atoms with Gasteiger partial charge >= 0.3 is 0 Å². The van der Waals surface area contributed by atoms with E-state index in [1.54, 1.807) is 28.4 Å². The van der Waals surface area contributed by atoms with Crippen LogP contribution < -0.4 is 0 Å². The zero-order valence-electron chi connectivity index (χ0n) is 27.3. The predicted octanol–water partition coefficient (Wildman–Crippen LogP) is 24.0. The average Bonchev–Trinajstić information content (AvgIpc) is 2.77. The topological polar surface area (TPSA) is 36.9 Å². The fourth-order valence-electron chi connectivity index (χ4n) is 0. The maximum Gasteiger partial charge on any atom is 0.148 e. The van der Waals surface area contributed by atoms with Crippen LogP contribution in [0.3, 0.4) is 0 Å². The van der Waals surface area contributed by atoms with Gasteiger partial charge in [-0.2, -0.15) is 0 Å². The van der Waals surface area contributed by atoms with E-state index in [2.05, 4.69) is 87.3 Å². The van der Waals surface area contributed by atoms with Gasteiger partial charge in [-0.25, -0.2) is 0 Å². The normalized spacial score (nSPS) is 6.77. The van der Waals surface area contributed by atoms with Crippen LogP contribution in [0, 0.1) is 0 Å². The van der Waals surface area contributed by atoms with Crippen LogP contribution in [0.4, 0.5) is 0 Å². The third-order valence-corrected chi connectivity index (χ3v) is 3.46. The van der Waals surface area contributed by atoms with Gasteiger partial charge < -0.3 is 18.1 Å². The van der Waals surface area contributed by atoms with Crippen molar-refractivity contribution in [3.8, 4) is 0 Å². The van der Waals surface area contributed by atoms with E-state index in [0.717, 1.165) is 0 Å². The first kappa shape index (κ1) is 254. The van der Waals surface area contributed by atoms with Gasteiger partial charge in [0.1, 0.15) is 30.3 Å². The van der Waals surface area contributed by atoms with Crippen LogP contribution in [0.25, 0.3) is 0 Å². The lowest BCUT2D eigenvalue weighted by molar-refractivity contribution is 0.474. The maximum absolute atomic E-state index is 5.13. The van der Waals surface area contributed by atoms with Crippen LogP contribution in [0.1, 0.15) is 265 Å². The van der Waals surface area contributed by atoms with Crippen molar-refractivity contribution in [3.05, 3.63) is 0 Å². The van der Waals surface area contributed by atoms with Gasteiger partial charge in [0, 0.05) is 28.4 Å². The van der Waals surface area contributed by atoms with Gasteiger partial charge in [0.05, 0.1) is 0 Å². The third-order valence-electron chi connectivity index (χ3n) is 1.15. The Kier molecular flexibility index (Phi) is 1600. The molecule has 8 radical (unpaired) electrons. The molecule has 0 amide bonds. The van der Waals surface area contributed by atoms with Crippen LogP contribution in [0.2, 0.25) is 0 Å². The molecule has 0 bridgehead atoms. The van der Waals surface area contributed by atoms with Crippen molar-refractivity contribution < 1.29 is 18.1 Å². The van der Waals surface area contributed by atoms with E-state index in [1.165, 1.54) is 32.1 Å². The predicted molar refractivity (Wildman–Crippen MR) is 330 cm³/mol. The van der Waals surface area contributed by atoms with Gasteiger partial charge in [-0.05, 0) is 58.8 Å². The zero-order valence-corrected chi connectivity index (χ0v) is 30.8. The summed E-state index contributed by atoms with van der Waals surface area (Å²) in [6.45, 7) is 28.6. The summed E-state index contributed by atoms with van der Waals surface area (Å²) in [4.78, 5) is 0. The van der Waals surface area contributed by atoms with Crippen LogP contribution in [-0.2, 0) is 18.1 Å². The minimum atomic E-state index is -0.598. The first-order valence-electron chi connectivity index (χ1n) is 12.3. The summed E-state index contributed by atoms with van der Waals surface area (Å²) in [6, 6.07) is 0. The van der Waals surface area contributed by atoms with Gasteiger partial charge in [-0.1, -0.05) is 265 Å². The first-order valence-corrected chi connectivity index (χ1v) is 19.4. The fraction of sp³-hybridized carbons (Fsp3) is 1.00. The minimum absolute atomic E-state index is 0. The molecule has 4 nitrogen and oxygen atoms in total. The fourth-order valence-corrected chi connectivity index (χ4v) is 0. The highest BCUT2D eigenvalue weighted by molar-refractivity contribution is 7.78. The minimum Gasteiger partial charge on any atom is -0.374 e. The molecule has 0 rings (SSSR count). The molecule has 0 aliphatic heterocycles. The maximum atomic E-state index is 5.13. The van der Waals surface area contributed by atoms with E-state index in [1.807, 2.05) is 26.7 Å². The van der Waals surface area contributed by atoms with Crippen molar-refractivity contribution in [2.45, 2.75) is 265 Å². The number of hydrogen-bond acceptors (Lipinski definition) is 4. The van der Waals surface area contributed by atoms with Crippen LogP contribution >= 0.6 is 32.1 Å². The SMILES string of the molecule is C.C.C.C.C.C.C.C.C.C.C.C.C.C.C.C.C.C.C.C.C.C.CCC.CCC.CCC.CCC.CCC.[B]P(C)OC.[B]P(C)OC.[B]P(C)OC.[B]P(C)OC. The lowest BCUT2D eigenvalue weighted by Crippen LogP contribution is -1.67. The molecule has 0 heterocycles. The van der Waals surface area contributed by atoms with Gasteiger partial charge in [-0.15, -0.1) is 0 Å². The van der Waals surface area contributed by atoms with Gasteiger partial charge in [0.2, 0.25) is 0 Å². The zero-order chi connectivity index (χ0) is 30.7. The molecule has 57 heavy (non-hydrogen) atoms. The van der Waals surface area contributed by atoms with Crippen LogP contribution in [0.15, 0.2) is 0 Å². The Morgan fingerprint density at radius 3 is 0.246 bits per heavy atom. The Balaban J connectivity index is -0.00000000442. The lowest BCUT2D eigenvalue weighted by Gasteiger charge is -1.95. The quantitative estimate of drug-likeness (QED) is 0.208. The van der Waals surface area contributed by atoms with E-state index in [9.17, 15) is 0 Å². The molecule has 4 atom stereocenters. The lowest BCUT2D eigenvalue weighted by atomic mass is 10.6. The second kappa shape index (κ2) is 358. The Morgan fingerprint density at radius 1 is 0.228 bits per heavy atom. The third kappa shape index (κ3) is 1870. The first-order chi connectivity index (χ1) is 16.2. The Morgan fingerprint density at radius 2 is 0.246 bits per heavy atom. The molecule has 12 heteroatoms. The number of hydrogen-bond donors (Lipinski definition) is 0. The summed E-state index contributed by atoms with van der Waals surface area (Å²) in [7, 11) is 24.6. The Labute approximate surface area is 398 Å². The van der Waals surface area contributed by atoms with Gasteiger partial charge in [0.15, 0.2) is 0 Å². The summed E-state index contributed by atoms with van der Waals surface area (Å²) in [5, 5.41) is 0. The molecule has 0 N–H and O–H groups in total. The molecule has 0 saturated heterocycles. The molecule has 0 saturated carbocycles. The highest BCUT2D eigenvalue weighted by atomic mass is 31.1. The van der Waals surface area contributed by atoms with Crippen LogP contribution in [0.5, 0.6) is 0 Å². The summed E-state index contributed by atoms with van der Waals surface area (Å²) >= 11 is 0. The number of rotatable bonds is 4. The molecule has 0 spiro atoms. The molecule has 0 aliphatic carbocycles. The van der Waals surface area contributed by atoms with E-state index >= 15 is 0 Å². The monoisotopic (exact) mass is 925 g/mol. The largest absolute Gasteiger partial charge is 0.374 e. The summed E-state index contributed by atoms with van der Waals surface area (Å²) in [6.07, 6.45) is 6.25. The second-order valence-electron chi connectivity index (χ2n) is 6.45. The Bertz CT molecular complexity index is 194. The average molecular weight is 925 g/mol. The van der Waals surface area contributed by atoms with Gasteiger partial charge in [-0.3, -0.25) is 0 Å². The highest BCUT2D eigenvalue weighted by Crippen LogP contribution is 2.22. The summed E-state index contributed by atoms with van der Waals surface area (Å²) < 4.78 is 18.4. The molecule has 0 aromatic rings. The molecular formula is C45H152B4O4P4. The van der Waals surface area contributed by atoms with Crippen molar-refractivity contribution in [1.29, 1.82) is 0 Å². The molecular weight excluding hydrogens is 772 g/mol. The summed E-state index contributed by atoms with van der Waals surface area (Å²) in [5.41, 5.74) is 0. The molecule has 0 aromatic carbocycles.